The molecule has 2 aliphatic carbocycles. The third-order valence-electron chi connectivity index (χ3n) is 5.23. The SMILES string of the molecule is CC(C)C1CCC(NCC(C)N(C)C2CC2)CC1. The minimum atomic E-state index is 0.695. The van der Waals surface area contributed by atoms with Crippen molar-refractivity contribution in [3.8, 4) is 0 Å². The van der Waals surface area contributed by atoms with Crippen LogP contribution >= 0.6 is 0 Å². The van der Waals surface area contributed by atoms with Gasteiger partial charge in [0.25, 0.3) is 0 Å². The molecule has 2 fully saturated rings. The molecule has 1 unspecified atom stereocenters. The van der Waals surface area contributed by atoms with E-state index in [0.29, 0.717) is 6.04 Å². The maximum absolute atomic E-state index is 3.80. The van der Waals surface area contributed by atoms with Crippen LogP contribution in [0, 0.1) is 11.8 Å². The normalized spacial score (nSPS) is 31.0. The van der Waals surface area contributed by atoms with E-state index >= 15 is 0 Å². The minimum Gasteiger partial charge on any atom is -0.312 e. The van der Waals surface area contributed by atoms with Gasteiger partial charge in [-0.3, -0.25) is 4.90 Å². The van der Waals surface area contributed by atoms with E-state index in [2.05, 4.69) is 38.0 Å². The fraction of sp³-hybridized carbons (Fsp3) is 1.00. The van der Waals surface area contributed by atoms with Gasteiger partial charge in [0.1, 0.15) is 0 Å². The van der Waals surface area contributed by atoms with Crippen LogP contribution in [0.25, 0.3) is 0 Å². The van der Waals surface area contributed by atoms with Crippen LogP contribution < -0.4 is 5.32 Å². The van der Waals surface area contributed by atoms with E-state index in [1.165, 1.54) is 45.1 Å². The van der Waals surface area contributed by atoms with Gasteiger partial charge in [0.05, 0.1) is 0 Å². The molecule has 0 amide bonds. The van der Waals surface area contributed by atoms with Crippen LogP contribution in [0.1, 0.15) is 59.3 Å². The lowest BCUT2D eigenvalue weighted by molar-refractivity contribution is 0.206. The summed E-state index contributed by atoms with van der Waals surface area (Å²) in [7, 11) is 2.29. The molecule has 18 heavy (non-hydrogen) atoms. The Hall–Kier alpha value is -0.0800. The van der Waals surface area contributed by atoms with E-state index < -0.39 is 0 Å². The largest absolute Gasteiger partial charge is 0.312 e. The minimum absolute atomic E-state index is 0.695. The average molecular weight is 252 g/mol. The number of hydrogen-bond acceptors (Lipinski definition) is 2. The second-order valence-corrected chi connectivity index (χ2v) is 7.01. The van der Waals surface area contributed by atoms with E-state index in [1.807, 2.05) is 0 Å². The molecule has 2 aliphatic rings. The first-order valence-electron chi connectivity index (χ1n) is 8.03. The molecule has 0 spiro atoms. The number of nitrogens with zero attached hydrogens (tertiary/aromatic N) is 1. The monoisotopic (exact) mass is 252 g/mol. The number of nitrogens with one attached hydrogen (secondary N) is 1. The van der Waals surface area contributed by atoms with Gasteiger partial charge in [-0.1, -0.05) is 13.8 Å². The van der Waals surface area contributed by atoms with Crippen molar-refractivity contribution >= 4 is 0 Å². The molecular formula is C16H32N2. The van der Waals surface area contributed by atoms with E-state index in [4.69, 9.17) is 0 Å². The molecule has 2 heteroatoms. The van der Waals surface area contributed by atoms with Crippen molar-refractivity contribution < 1.29 is 0 Å². The second-order valence-electron chi connectivity index (χ2n) is 7.01. The third-order valence-corrected chi connectivity index (χ3v) is 5.23. The molecule has 0 saturated heterocycles. The summed E-state index contributed by atoms with van der Waals surface area (Å²) in [5.74, 6) is 1.86. The number of likely N-dealkylation sites (N-methyl/N-ethyl adjacent to an activating group) is 1. The van der Waals surface area contributed by atoms with Crippen LogP contribution in [0.2, 0.25) is 0 Å². The zero-order valence-corrected chi connectivity index (χ0v) is 12.8. The fourth-order valence-corrected chi connectivity index (χ4v) is 3.31. The maximum atomic E-state index is 3.80. The Morgan fingerprint density at radius 3 is 2.11 bits per heavy atom. The Morgan fingerprint density at radius 2 is 1.61 bits per heavy atom. The van der Waals surface area contributed by atoms with Crippen LogP contribution in [-0.2, 0) is 0 Å². The van der Waals surface area contributed by atoms with Gasteiger partial charge in [0, 0.05) is 24.7 Å². The van der Waals surface area contributed by atoms with Gasteiger partial charge in [-0.2, -0.15) is 0 Å². The molecule has 0 aromatic rings. The summed E-state index contributed by atoms with van der Waals surface area (Å²) in [6.07, 6.45) is 8.48. The van der Waals surface area contributed by atoms with Gasteiger partial charge in [0.2, 0.25) is 0 Å². The molecule has 1 N–H and O–H groups in total. The zero-order valence-electron chi connectivity index (χ0n) is 12.8. The van der Waals surface area contributed by atoms with E-state index in [-0.39, 0.29) is 0 Å². The first-order chi connectivity index (χ1) is 8.58. The van der Waals surface area contributed by atoms with Crippen LogP contribution in [0.15, 0.2) is 0 Å². The van der Waals surface area contributed by atoms with E-state index in [9.17, 15) is 0 Å². The Labute approximate surface area is 114 Å². The summed E-state index contributed by atoms with van der Waals surface area (Å²) in [5.41, 5.74) is 0. The molecule has 0 radical (unpaired) electrons. The van der Waals surface area contributed by atoms with Crippen molar-refractivity contribution in [3.05, 3.63) is 0 Å². The molecule has 0 bridgehead atoms. The predicted molar refractivity (Wildman–Crippen MR) is 78.8 cm³/mol. The lowest BCUT2D eigenvalue weighted by atomic mass is 9.80. The first kappa shape index (κ1) is 14.3. The van der Waals surface area contributed by atoms with Gasteiger partial charge in [0.15, 0.2) is 0 Å². The van der Waals surface area contributed by atoms with Gasteiger partial charge >= 0.3 is 0 Å². The molecule has 106 valence electrons. The highest BCUT2D eigenvalue weighted by atomic mass is 15.2. The van der Waals surface area contributed by atoms with Crippen LogP contribution in [-0.4, -0.2) is 36.6 Å². The second kappa shape index (κ2) is 6.38. The summed E-state index contributed by atoms with van der Waals surface area (Å²) in [5, 5.41) is 3.80. The zero-order chi connectivity index (χ0) is 13.1. The summed E-state index contributed by atoms with van der Waals surface area (Å²) in [6.45, 7) is 8.30. The molecule has 2 saturated carbocycles. The summed E-state index contributed by atoms with van der Waals surface area (Å²) in [4.78, 5) is 2.56. The lowest BCUT2D eigenvalue weighted by Crippen LogP contribution is -2.44. The third kappa shape index (κ3) is 3.96. The fourth-order valence-electron chi connectivity index (χ4n) is 3.31. The van der Waals surface area contributed by atoms with Crippen molar-refractivity contribution in [1.82, 2.24) is 10.2 Å². The number of hydrogen-bond donors (Lipinski definition) is 1. The maximum Gasteiger partial charge on any atom is 0.0192 e. The molecule has 0 heterocycles. The van der Waals surface area contributed by atoms with Crippen molar-refractivity contribution in [2.24, 2.45) is 11.8 Å². The van der Waals surface area contributed by atoms with Crippen molar-refractivity contribution in [2.75, 3.05) is 13.6 Å². The predicted octanol–water partition coefficient (Wildman–Crippen LogP) is 3.27. The molecule has 0 aliphatic heterocycles. The van der Waals surface area contributed by atoms with Gasteiger partial charge < -0.3 is 5.32 Å². The highest BCUT2D eigenvalue weighted by Gasteiger charge is 2.29. The van der Waals surface area contributed by atoms with Gasteiger partial charge in [-0.15, -0.1) is 0 Å². The Morgan fingerprint density at radius 1 is 1.00 bits per heavy atom. The average Bonchev–Trinajstić information content (AvgIpc) is 3.19. The molecule has 0 aromatic carbocycles. The molecule has 2 nitrogen and oxygen atoms in total. The quantitative estimate of drug-likeness (QED) is 0.780. The molecule has 1 atom stereocenters. The standard InChI is InChI=1S/C16H32N2/c1-12(2)14-5-7-15(8-6-14)17-11-13(3)18(4)16-9-10-16/h12-17H,5-11H2,1-4H3. The Bertz CT molecular complexity index is 239. The highest BCUT2D eigenvalue weighted by molar-refractivity contribution is 4.87. The Kier molecular flexibility index (Phi) is 5.08. The van der Waals surface area contributed by atoms with Crippen LogP contribution in [0.5, 0.6) is 0 Å². The van der Waals surface area contributed by atoms with Crippen molar-refractivity contribution in [1.29, 1.82) is 0 Å². The van der Waals surface area contributed by atoms with Crippen LogP contribution in [0.4, 0.5) is 0 Å². The van der Waals surface area contributed by atoms with E-state index in [0.717, 1.165) is 23.9 Å². The molecular weight excluding hydrogens is 220 g/mol. The smallest absolute Gasteiger partial charge is 0.0192 e. The molecule has 0 aromatic heterocycles. The van der Waals surface area contributed by atoms with Crippen molar-refractivity contribution in [2.45, 2.75) is 77.4 Å². The highest BCUT2D eigenvalue weighted by Crippen LogP contribution is 2.30. The van der Waals surface area contributed by atoms with E-state index in [1.54, 1.807) is 0 Å². The van der Waals surface area contributed by atoms with Gasteiger partial charge in [-0.05, 0) is 64.3 Å². The first-order valence-corrected chi connectivity index (χ1v) is 8.03. The summed E-state index contributed by atoms with van der Waals surface area (Å²) >= 11 is 0. The molecule has 2 rings (SSSR count). The summed E-state index contributed by atoms with van der Waals surface area (Å²) in [6, 6.07) is 2.37. The number of rotatable bonds is 6. The topological polar surface area (TPSA) is 15.3 Å². The van der Waals surface area contributed by atoms with Crippen molar-refractivity contribution in [3.63, 3.8) is 0 Å². The lowest BCUT2D eigenvalue weighted by Gasteiger charge is -2.33. The Balaban J connectivity index is 1.62. The van der Waals surface area contributed by atoms with Crippen LogP contribution in [0.3, 0.4) is 0 Å². The van der Waals surface area contributed by atoms with Gasteiger partial charge in [-0.25, -0.2) is 0 Å². The summed E-state index contributed by atoms with van der Waals surface area (Å²) < 4.78 is 0.